The Morgan fingerprint density at radius 3 is 0.623 bits per heavy atom. The van der Waals surface area contributed by atoms with Crippen LogP contribution in [0.3, 0.4) is 0 Å². The molecule has 15 aromatic heterocycles. The van der Waals surface area contributed by atoms with E-state index in [-0.39, 0.29) is 0 Å². The Balaban J connectivity index is 0.0000000976. The van der Waals surface area contributed by atoms with Crippen molar-refractivity contribution in [3.05, 3.63) is 343 Å². The molecule has 21 nitrogen and oxygen atoms in total. The Labute approximate surface area is 808 Å². The second-order valence-corrected chi connectivity index (χ2v) is 39.0. The number of pyridine rings is 3. The number of para-hydroxylation sites is 15. The Bertz CT molecular complexity index is 7800. The summed E-state index contributed by atoms with van der Waals surface area (Å²) in [5.74, 6) is 3.15. The lowest BCUT2D eigenvalue weighted by Crippen LogP contribution is -2.01. The summed E-state index contributed by atoms with van der Waals surface area (Å²) in [6, 6.07) is 95.6. The number of rotatable bonds is 12. The molecule has 0 bridgehead atoms. The fourth-order valence-electron chi connectivity index (χ4n) is 17.9. The van der Waals surface area contributed by atoms with Crippen LogP contribution in [0.1, 0.15) is 33.4 Å². The average molecular weight is 1900 g/mol. The van der Waals surface area contributed by atoms with Gasteiger partial charge >= 0.3 is 0 Å². The summed E-state index contributed by atoms with van der Waals surface area (Å²) in [5.41, 5.74) is 33.0. The normalized spacial score (nSPS) is 11.7. The Morgan fingerprint density at radius 1 is 0.174 bits per heavy atom. The van der Waals surface area contributed by atoms with E-state index in [9.17, 15) is 0 Å². The Hall–Kier alpha value is -16.5. The van der Waals surface area contributed by atoms with Gasteiger partial charge in [0.2, 0.25) is 35.3 Å². The summed E-state index contributed by atoms with van der Waals surface area (Å²) in [6.07, 6.45) is 5.45. The standard InChI is InChI=1S/C30H21N3O3.C27H18N6S3.C27H15N3O3.C27H15N3S3/c1-16-25(28-31-19-10-4-7-13-22(19)34-28)17(2)27(30-33-21-12-6-9-15-24(21)36-30)18(3)26(16)29-32-20-11-5-8-14-23(20)35-29;1-13-19(25-31-16-7-4-10-28-22(16)34-25)14(2)21(27-33-18-9-6-12-30-24(18)36-27)15(3)20(13)26-32-17-8-5-11-29-23(17)35-26;2*1-4-10-22-19(7-1)28-25(31-22)16-13-17(26-29-20-8-2-5-11-23(20)32-26)15-18(14-16)27-30-21-9-3-6-12-24(21)33-27/h4-15H,1-3H3;4-12H,1-3H3;2*1-15H. The van der Waals surface area contributed by atoms with E-state index in [0.29, 0.717) is 35.3 Å². The predicted molar refractivity (Wildman–Crippen MR) is 557 cm³/mol. The Morgan fingerprint density at radius 2 is 0.377 bits per heavy atom. The van der Waals surface area contributed by atoms with Gasteiger partial charge in [-0.2, -0.15) is 0 Å². The average Bonchev–Trinajstić information content (AvgIpc) is 1.38. The van der Waals surface area contributed by atoms with Crippen LogP contribution in [0, 0.1) is 41.5 Å². The first-order valence-corrected chi connectivity index (χ1v) is 49.1. The van der Waals surface area contributed by atoms with Gasteiger partial charge in [-0.15, -0.1) is 34.0 Å². The van der Waals surface area contributed by atoms with Crippen molar-refractivity contribution in [2.24, 2.45) is 0 Å². The molecular weight excluding hydrogens is 1830 g/mol. The van der Waals surface area contributed by atoms with Crippen LogP contribution in [0.2, 0.25) is 0 Å². The van der Waals surface area contributed by atoms with Gasteiger partial charge in [-0.3, -0.25) is 0 Å². The molecule has 0 unspecified atom stereocenters. The number of nitrogens with zero attached hydrogens (tertiary/aromatic N) is 15. The summed E-state index contributed by atoms with van der Waals surface area (Å²) in [4.78, 5) is 74.6. The van der Waals surface area contributed by atoms with Gasteiger partial charge < -0.3 is 26.5 Å². The van der Waals surface area contributed by atoms with Crippen molar-refractivity contribution >= 4 is 196 Å². The van der Waals surface area contributed by atoms with Crippen molar-refractivity contribution in [1.29, 1.82) is 0 Å². The van der Waals surface area contributed by atoms with Crippen LogP contribution in [-0.2, 0) is 0 Å². The summed E-state index contributed by atoms with van der Waals surface area (Å²) < 4.78 is 40.4. The van der Waals surface area contributed by atoms with E-state index < -0.39 is 0 Å². The van der Waals surface area contributed by atoms with Crippen molar-refractivity contribution in [2.75, 3.05) is 0 Å². The first-order chi connectivity index (χ1) is 67.8. The zero-order valence-electron chi connectivity index (χ0n) is 74.1. The number of thiazole rings is 6. The first-order valence-electron chi connectivity index (χ1n) is 44.2. The maximum Gasteiger partial charge on any atom is 0.227 e. The second-order valence-electron chi connectivity index (χ2n) is 33.0. The summed E-state index contributed by atoms with van der Waals surface area (Å²) in [7, 11) is 0. The van der Waals surface area contributed by atoms with Gasteiger partial charge in [0.25, 0.3) is 0 Å². The highest BCUT2D eigenvalue weighted by molar-refractivity contribution is 7.23. The number of hydrogen-bond acceptors (Lipinski definition) is 27. The van der Waals surface area contributed by atoms with E-state index in [1.54, 1.807) is 68.0 Å². The minimum atomic E-state index is 0.506. The van der Waals surface area contributed by atoms with Crippen molar-refractivity contribution in [1.82, 2.24) is 74.8 Å². The SMILES string of the molecule is Cc1c(-c2nc3ccccc3o2)c(C)c(-c2nc3ccccc3o2)c(C)c1-c1nc2ccccc2o1.Cc1c(-c2nc3cccnc3s2)c(C)c(-c2nc3cccnc3s2)c(C)c1-c1nc2cccnc2s1.c1ccc2oc(-c3cc(-c4nc5ccccc5o4)cc(-c4nc5ccccc5o4)c3)nc2c1.c1ccc2sc(-c3cc(-c4nc5ccccc5s4)cc(-c4nc5ccccc5s4)c3)nc2c1. The van der Waals surface area contributed by atoms with Gasteiger partial charge in [-0.25, -0.2) is 74.8 Å². The molecule has 0 aliphatic rings. The molecule has 0 amide bonds. The molecule has 0 aliphatic carbocycles. The van der Waals surface area contributed by atoms with Gasteiger partial charge in [0, 0.05) is 85.4 Å². The van der Waals surface area contributed by atoms with Crippen LogP contribution in [-0.4, -0.2) is 74.8 Å². The second kappa shape index (κ2) is 34.4. The first kappa shape index (κ1) is 83.3. The van der Waals surface area contributed by atoms with Gasteiger partial charge in [0.15, 0.2) is 33.5 Å². The lowest BCUT2D eigenvalue weighted by Gasteiger charge is -2.19. The highest BCUT2D eigenvalue weighted by atomic mass is 32.1. The van der Waals surface area contributed by atoms with E-state index in [1.165, 1.54) is 14.1 Å². The lowest BCUT2D eigenvalue weighted by molar-refractivity contribution is 0.611. The van der Waals surface area contributed by atoms with Gasteiger partial charge in [0.05, 0.1) is 30.6 Å². The van der Waals surface area contributed by atoms with E-state index in [2.05, 4.69) is 144 Å². The van der Waals surface area contributed by atoms with Crippen LogP contribution >= 0.6 is 68.0 Å². The van der Waals surface area contributed by atoms with Crippen LogP contribution in [0.5, 0.6) is 0 Å². The zero-order valence-corrected chi connectivity index (χ0v) is 79.0. The van der Waals surface area contributed by atoms with Gasteiger partial charge in [0.1, 0.15) is 94.2 Å². The van der Waals surface area contributed by atoms with Crippen LogP contribution in [0.25, 0.3) is 260 Å². The summed E-state index contributed by atoms with van der Waals surface area (Å²) >= 11 is 10.0. The van der Waals surface area contributed by atoms with E-state index in [0.717, 1.165) is 244 Å². The summed E-state index contributed by atoms with van der Waals surface area (Å²) in [6.45, 7) is 12.7. The fraction of sp³-hybridized carbons (Fsp3) is 0.0541. The molecule has 0 atom stereocenters. The van der Waals surface area contributed by atoms with Gasteiger partial charge in [-0.05, 0) is 257 Å². The molecule has 0 saturated heterocycles. The fourth-order valence-corrected chi connectivity index (χ4v) is 24.0. The quantitative estimate of drug-likeness (QED) is 0.110. The molecule has 15 heterocycles. The van der Waals surface area contributed by atoms with Crippen LogP contribution in [0.4, 0.5) is 0 Å². The van der Waals surface area contributed by atoms with Crippen molar-refractivity contribution in [3.63, 3.8) is 0 Å². The molecule has 0 N–H and O–H groups in total. The predicted octanol–water partition coefficient (Wildman–Crippen LogP) is 31.3. The molecule has 28 aromatic rings. The number of fused-ring (bicyclic) bond motifs is 12. The maximum absolute atomic E-state index is 6.24. The number of aromatic nitrogens is 15. The van der Waals surface area contributed by atoms with Crippen molar-refractivity contribution in [2.45, 2.75) is 41.5 Å². The number of benzene rings is 13. The molecule has 28 rings (SSSR count). The van der Waals surface area contributed by atoms with Crippen molar-refractivity contribution in [3.8, 4) is 132 Å². The van der Waals surface area contributed by atoms with Gasteiger partial charge in [-0.1, -0.05) is 143 Å². The molecule has 0 fully saturated rings. The minimum Gasteiger partial charge on any atom is -0.436 e. The number of oxazole rings is 6. The highest BCUT2D eigenvalue weighted by Gasteiger charge is 2.31. The molecule has 0 radical (unpaired) electrons. The van der Waals surface area contributed by atoms with Crippen LogP contribution < -0.4 is 0 Å². The molecular formula is C111H69N15O6S6. The lowest BCUT2D eigenvalue weighted by atomic mass is 9.87. The Kier molecular flexibility index (Phi) is 20.8. The summed E-state index contributed by atoms with van der Waals surface area (Å²) in [5, 5.41) is 5.92. The molecule has 0 aliphatic heterocycles. The molecule has 27 heteroatoms. The van der Waals surface area contributed by atoms with E-state index in [1.807, 2.05) is 237 Å². The van der Waals surface area contributed by atoms with E-state index >= 15 is 0 Å². The third kappa shape index (κ3) is 15.3. The molecule has 0 saturated carbocycles. The van der Waals surface area contributed by atoms with E-state index in [4.69, 9.17) is 71.4 Å². The highest BCUT2D eigenvalue weighted by Crippen LogP contribution is 2.51. The smallest absolute Gasteiger partial charge is 0.227 e. The molecule has 138 heavy (non-hydrogen) atoms. The molecule has 13 aromatic carbocycles. The number of hydrogen-bond donors (Lipinski definition) is 0. The van der Waals surface area contributed by atoms with Crippen LogP contribution in [0.15, 0.2) is 336 Å². The molecule has 0 spiro atoms. The topological polar surface area (TPSA) is 272 Å². The van der Waals surface area contributed by atoms with Crippen molar-refractivity contribution < 1.29 is 26.5 Å². The maximum atomic E-state index is 6.24. The third-order valence-corrected chi connectivity index (χ3v) is 30.5. The molecule has 660 valence electrons. The third-order valence-electron chi connectivity index (χ3n) is 24.3. The minimum absolute atomic E-state index is 0.506. The zero-order chi connectivity index (χ0) is 92.3. The monoisotopic (exact) mass is 1900 g/mol. The largest absolute Gasteiger partial charge is 0.436 e.